The monoisotopic (exact) mass is 168 g/mol. The molecule has 0 radical (unpaired) electrons. The van der Waals surface area contributed by atoms with E-state index in [0.717, 1.165) is 5.56 Å². The van der Waals surface area contributed by atoms with Gasteiger partial charge < -0.3 is 5.11 Å². The summed E-state index contributed by atoms with van der Waals surface area (Å²) in [4.78, 5) is 11.2. The summed E-state index contributed by atoms with van der Waals surface area (Å²) in [5, 5.41) is 12.4. The quantitative estimate of drug-likeness (QED) is 0.687. The number of nitrogens with zero attached hydrogens (tertiary/aromatic N) is 2. The van der Waals surface area contributed by atoms with E-state index in [1.165, 1.54) is 10.7 Å². The topological polar surface area (TPSA) is 55.1 Å². The predicted molar refractivity (Wildman–Crippen MR) is 44.9 cm³/mol. The van der Waals surface area contributed by atoms with E-state index in [1.807, 2.05) is 6.92 Å². The van der Waals surface area contributed by atoms with E-state index < -0.39 is 0 Å². The maximum Gasteiger partial charge on any atom is 0.266 e. The van der Waals surface area contributed by atoms with Crippen molar-refractivity contribution in [3.05, 3.63) is 28.2 Å². The summed E-state index contributed by atoms with van der Waals surface area (Å²) in [5.74, 6) is 0. The van der Waals surface area contributed by atoms with Crippen molar-refractivity contribution in [2.45, 2.75) is 19.9 Å². The Balaban J connectivity index is 2.80. The molecule has 1 aromatic heterocycles. The standard InChI is InChI=1S/C8H12N2O2/c1-7-5-8(12)10(9-6-7)3-2-4-11/h5-6,11H,2-4H2,1H3. The Kier molecular flexibility index (Phi) is 2.99. The number of aliphatic hydroxyl groups excluding tert-OH is 1. The SMILES string of the molecule is Cc1cnn(CCCO)c(=O)c1. The van der Waals surface area contributed by atoms with Crippen molar-refractivity contribution in [2.75, 3.05) is 6.61 Å². The van der Waals surface area contributed by atoms with Gasteiger partial charge in [-0.3, -0.25) is 4.79 Å². The van der Waals surface area contributed by atoms with Crippen LogP contribution in [-0.2, 0) is 6.54 Å². The number of aliphatic hydroxyl groups is 1. The first-order valence-corrected chi connectivity index (χ1v) is 3.88. The van der Waals surface area contributed by atoms with Crippen LogP contribution in [0, 0.1) is 6.92 Å². The third-order valence-electron chi connectivity index (χ3n) is 1.53. The molecule has 0 saturated carbocycles. The van der Waals surface area contributed by atoms with Gasteiger partial charge in [0.1, 0.15) is 0 Å². The number of hydrogen-bond donors (Lipinski definition) is 1. The molecule has 0 spiro atoms. The summed E-state index contributed by atoms with van der Waals surface area (Å²) >= 11 is 0. The summed E-state index contributed by atoms with van der Waals surface area (Å²) in [6.07, 6.45) is 2.20. The second-order valence-electron chi connectivity index (χ2n) is 2.67. The van der Waals surface area contributed by atoms with Crippen LogP contribution in [0.4, 0.5) is 0 Å². The Morgan fingerprint density at radius 3 is 3.00 bits per heavy atom. The van der Waals surface area contributed by atoms with Gasteiger partial charge in [-0.05, 0) is 18.9 Å². The highest BCUT2D eigenvalue weighted by atomic mass is 16.3. The first-order valence-electron chi connectivity index (χ1n) is 3.88. The predicted octanol–water partition coefficient (Wildman–Crippen LogP) is -0.0659. The van der Waals surface area contributed by atoms with Gasteiger partial charge in [0.15, 0.2) is 0 Å². The Morgan fingerprint density at radius 1 is 1.67 bits per heavy atom. The van der Waals surface area contributed by atoms with E-state index in [0.29, 0.717) is 13.0 Å². The minimum absolute atomic E-state index is 0.0853. The highest BCUT2D eigenvalue weighted by Gasteiger charge is 1.95. The molecule has 0 saturated heterocycles. The van der Waals surface area contributed by atoms with Gasteiger partial charge in [-0.2, -0.15) is 5.10 Å². The lowest BCUT2D eigenvalue weighted by molar-refractivity contribution is 0.275. The molecule has 4 heteroatoms. The van der Waals surface area contributed by atoms with Gasteiger partial charge in [0, 0.05) is 19.2 Å². The van der Waals surface area contributed by atoms with Crippen molar-refractivity contribution in [1.29, 1.82) is 0 Å². The fourth-order valence-electron chi connectivity index (χ4n) is 0.913. The Hall–Kier alpha value is -1.16. The molecule has 1 aromatic rings. The molecule has 0 aromatic carbocycles. The van der Waals surface area contributed by atoms with E-state index >= 15 is 0 Å². The molecule has 12 heavy (non-hydrogen) atoms. The van der Waals surface area contributed by atoms with Gasteiger partial charge in [-0.25, -0.2) is 4.68 Å². The van der Waals surface area contributed by atoms with Crippen molar-refractivity contribution in [2.24, 2.45) is 0 Å². The smallest absolute Gasteiger partial charge is 0.266 e. The van der Waals surface area contributed by atoms with Crippen LogP contribution >= 0.6 is 0 Å². The zero-order chi connectivity index (χ0) is 8.97. The lowest BCUT2D eigenvalue weighted by Gasteiger charge is -2.01. The summed E-state index contributed by atoms with van der Waals surface area (Å²) in [5.41, 5.74) is 0.753. The molecule has 0 atom stereocenters. The molecular formula is C8H12N2O2. The van der Waals surface area contributed by atoms with Gasteiger partial charge in [0.05, 0.1) is 6.20 Å². The van der Waals surface area contributed by atoms with E-state index in [2.05, 4.69) is 5.10 Å². The van der Waals surface area contributed by atoms with Crippen LogP contribution in [0.1, 0.15) is 12.0 Å². The Bertz CT molecular complexity index is 306. The van der Waals surface area contributed by atoms with E-state index in [1.54, 1.807) is 6.20 Å². The van der Waals surface area contributed by atoms with Gasteiger partial charge in [-0.1, -0.05) is 0 Å². The number of aromatic nitrogens is 2. The fraction of sp³-hybridized carbons (Fsp3) is 0.500. The molecule has 0 aliphatic carbocycles. The summed E-state index contributed by atoms with van der Waals surface area (Å²) in [6, 6.07) is 1.53. The second kappa shape index (κ2) is 4.01. The molecule has 4 nitrogen and oxygen atoms in total. The summed E-state index contributed by atoms with van der Waals surface area (Å²) in [6.45, 7) is 2.39. The molecule has 0 unspecified atom stereocenters. The summed E-state index contributed by atoms with van der Waals surface area (Å²) < 4.78 is 1.35. The lowest BCUT2D eigenvalue weighted by atomic mass is 10.3. The average Bonchev–Trinajstić information content (AvgIpc) is 2.03. The van der Waals surface area contributed by atoms with Gasteiger partial charge in [0.25, 0.3) is 5.56 Å². The molecular weight excluding hydrogens is 156 g/mol. The van der Waals surface area contributed by atoms with E-state index in [9.17, 15) is 4.79 Å². The molecule has 0 aliphatic heterocycles. The maximum absolute atomic E-state index is 11.2. The van der Waals surface area contributed by atoms with Crippen LogP contribution in [0.15, 0.2) is 17.1 Å². The zero-order valence-corrected chi connectivity index (χ0v) is 7.03. The first-order chi connectivity index (χ1) is 5.74. The first kappa shape index (κ1) is 8.93. The molecule has 0 aliphatic rings. The van der Waals surface area contributed by atoms with Crippen molar-refractivity contribution in [3.8, 4) is 0 Å². The molecule has 1 N–H and O–H groups in total. The number of aryl methyl sites for hydroxylation is 2. The molecule has 1 rings (SSSR count). The minimum Gasteiger partial charge on any atom is -0.396 e. The normalized spacial score (nSPS) is 10.2. The lowest BCUT2D eigenvalue weighted by Crippen LogP contribution is -2.22. The van der Waals surface area contributed by atoms with Crippen LogP contribution in [0.3, 0.4) is 0 Å². The maximum atomic E-state index is 11.2. The van der Waals surface area contributed by atoms with Crippen LogP contribution in [0.2, 0.25) is 0 Å². The third-order valence-corrected chi connectivity index (χ3v) is 1.53. The van der Waals surface area contributed by atoms with Crippen molar-refractivity contribution < 1.29 is 5.11 Å². The number of rotatable bonds is 3. The van der Waals surface area contributed by atoms with E-state index in [-0.39, 0.29) is 12.2 Å². The molecule has 66 valence electrons. The van der Waals surface area contributed by atoms with Crippen LogP contribution < -0.4 is 5.56 Å². The fourth-order valence-corrected chi connectivity index (χ4v) is 0.913. The van der Waals surface area contributed by atoms with Crippen LogP contribution in [-0.4, -0.2) is 21.5 Å². The molecule has 0 amide bonds. The van der Waals surface area contributed by atoms with Crippen LogP contribution in [0.5, 0.6) is 0 Å². The average molecular weight is 168 g/mol. The van der Waals surface area contributed by atoms with Crippen molar-refractivity contribution in [3.63, 3.8) is 0 Å². The summed E-state index contributed by atoms with van der Waals surface area (Å²) in [7, 11) is 0. The zero-order valence-electron chi connectivity index (χ0n) is 7.03. The van der Waals surface area contributed by atoms with Crippen LogP contribution in [0.25, 0.3) is 0 Å². The third kappa shape index (κ3) is 2.17. The highest BCUT2D eigenvalue weighted by molar-refractivity contribution is 5.02. The van der Waals surface area contributed by atoms with Crippen molar-refractivity contribution >= 4 is 0 Å². The highest BCUT2D eigenvalue weighted by Crippen LogP contribution is 1.87. The minimum atomic E-state index is -0.108. The van der Waals surface area contributed by atoms with Crippen molar-refractivity contribution in [1.82, 2.24) is 9.78 Å². The molecule has 0 fully saturated rings. The van der Waals surface area contributed by atoms with Gasteiger partial charge in [0.2, 0.25) is 0 Å². The Labute approximate surface area is 70.5 Å². The van der Waals surface area contributed by atoms with Gasteiger partial charge >= 0.3 is 0 Å². The largest absolute Gasteiger partial charge is 0.396 e. The second-order valence-corrected chi connectivity index (χ2v) is 2.67. The number of hydrogen-bond acceptors (Lipinski definition) is 3. The Morgan fingerprint density at radius 2 is 2.42 bits per heavy atom. The molecule has 1 heterocycles. The van der Waals surface area contributed by atoms with Gasteiger partial charge in [-0.15, -0.1) is 0 Å². The molecule has 0 bridgehead atoms. The van der Waals surface area contributed by atoms with E-state index in [4.69, 9.17) is 5.11 Å².